The third-order valence-electron chi connectivity index (χ3n) is 2.52. The summed E-state index contributed by atoms with van der Waals surface area (Å²) in [5.41, 5.74) is 2.06. The summed E-state index contributed by atoms with van der Waals surface area (Å²) in [6, 6.07) is 13.6. The van der Waals surface area contributed by atoms with Crippen molar-refractivity contribution in [3.05, 3.63) is 41.6 Å². The molecule has 0 aliphatic heterocycles. The van der Waals surface area contributed by atoms with Crippen molar-refractivity contribution in [2.75, 3.05) is 0 Å². The summed E-state index contributed by atoms with van der Waals surface area (Å²) in [5.74, 6) is 0. The fourth-order valence-electron chi connectivity index (χ4n) is 1.69. The van der Waals surface area contributed by atoms with Crippen molar-refractivity contribution in [2.24, 2.45) is 7.05 Å². The second-order valence-electron chi connectivity index (χ2n) is 3.47. The van der Waals surface area contributed by atoms with Crippen LogP contribution in [0.3, 0.4) is 0 Å². The number of rotatable bonds is 1. The van der Waals surface area contributed by atoms with Crippen molar-refractivity contribution in [1.82, 2.24) is 4.57 Å². The van der Waals surface area contributed by atoms with Gasteiger partial charge >= 0.3 is 0 Å². The number of aromatic nitrogens is 1. The lowest BCUT2D eigenvalue weighted by Crippen LogP contribution is -1.90. The van der Waals surface area contributed by atoms with E-state index in [0.29, 0.717) is 0 Å². The molecule has 3 heteroatoms. The van der Waals surface area contributed by atoms with Gasteiger partial charge in [-0.05, 0) is 18.2 Å². The molecule has 0 fully saturated rings. The molecule has 0 aliphatic rings. The first-order valence-corrected chi connectivity index (χ1v) is 4.82. The molecule has 76 valence electrons. The summed E-state index contributed by atoms with van der Waals surface area (Å²) >= 11 is 0. The summed E-state index contributed by atoms with van der Waals surface area (Å²) < 4.78 is 1.96. The van der Waals surface area contributed by atoms with E-state index < -0.39 is 0 Å². The van der Waals surface area contributed by atoms with E-state index in [9.17, 15) is 0 Å². The Morgan fingerprint density at radius 2 is 1.94 bits per heavy atom. The lowest BCUT2D eigenvalue weighted by molar-refractivity contribution is 0.954. The van der Waals surface area contributed by atoms with Crippen molar-refractivity contribution in [3.63, 3.8) is 0 Å². The molecule has 0 atom stereocenters. The Kier molecular flexibility index (Phi) is 2.45. The summed E-state index contributed by atoms with van der Waals surface area (Å²) in [4.78, 5) is 0. The molecular formula is C13H9N3. The molecule has 0 spiro atoms. The zero-order valence-corrected chi connectivity index (χ0v) is 8.81. The Bertz CT molecular complexity index is 632. The van der Waals surface area contributed by atoms with E-state index in [2.05, 4.69) is 0 Å². The third-order valence-corrected chi connectivity index (χ3v) is 2.52. The van der Waals surface area contributed by atoms with E-state index in [1.807, 2.05) is 54.1 Å². The van der Waals surface area contributed by atoms with E-state index in [-0.39, 0.29) is 5.57 Å². The number of nitriles is 2. The van der Waals surface area contributed by atoms with E-state index in [0.717, 1.165) is 16.6 Å². The van der Waals surface area contributed by atoms with Crippen LogP contribution in [0.25, 0.3) is 17.0 Å². The van der Waals surface area contributed by atoms with Crippen LogP contribution in [0.5, 0.6) is 0 Å². The first kappa shape index (κ1) is 10.0. The molecule has 16 heavy (non-hydrogen) atoms. The van der Waals surface area contributed by atoms with Crippen LogP contribution >= 0.6 is 0 Å². The van der Waals surface area contributed by atoms with Gasteiger partial charge in [0.05, 0.1) is 0 Å². The highest BCUT2D eigenvalue weighted by Gasteiger charge is 2.03. The molecule has 0 amide bonds. The van der Waals surface area contributed by atoms with Gasteiger partial charge < -0.3 is 4.57 Å². The fourth-order valence-corrected chi connectivity index (χ4v) is 1.69. The van der Waals surface area contributed by atoms with Gasteiger partial charge in [0, 0.05) is 23.6 Å². The lowest BCUT2D eigenvalue weighted by atomic mass is 10.2. The lowest BCUT2D eigenvalue weighted by Gasteiger charge is -1.98. The standard InChI is InChI=1S/C13H9N3/c1-16-12(6-10(8-14)9-15)7-11-4-2-3-5-13(11)16/h2-7H,1H3. The quantitative estimate of drug-likeness (QED) is 0.675. The van der Waals surface area contributed by atoms with Crippen LogP contribution in [0.1, 0.15) is 5.69 Å². The van der Waals surface area contributed by atoms with Gasteiger partial charge in [0.15, 0.2) is 0 Å². The minimum atomic E-state index is 0.117. The number of hydrogen-bond acceptors (Lipinski definition) is 2. The van der Waals surface area contributed by atoms with Crippen molar-refractivity contribution in [3.8, 4) is 12.1 Å². The van der Waals surface area contributed by atoms with Crippen LogP contribution in [-0.2, 0) is 7.05 Å². The maximum Gasteiger partial charge on any atom is 0.131 e. The normalized spacial score (nSPS) is 9.44. The maximum absolute atomic E-state index is 8.70. The summed E-state index contributed by atoms with van der Waals surface area (Å²) in [5, 5.41) is 18.5. The van der Waals surface area contributed by atoms with Gasteiger partial charge in [-0.2, -0.15) is 10.5 Å². The predicted molar refractivity (Wildman–Crippen MR) is 62.1 cm³/mol. The molecular weight excluding hydrogens is 198 g/mol. The molecule has 0 saturated carbocycles. The van der Waals surface area contributed by atoms with Crippen molar-refractivity contribution in [1.29, 1.82) is 10.5 Å². The van der Waals surface area contributed by atoms with Gasteiger partial charge in [0.1, 0.15) is 17.7 Å². The molecule has 0 unspecified atom stereocenters. The van der Waals surface area contributed by atoms with Crippen LogP contribution in [-0.4, -0.2) is 4.57 Å². The third kappa shape index (κ3) is 1.55. The molecule has 1 aromatic carbocycles. The molecule has 1 aromatic heterocycles. The number of benzene rings is 1. The monoisotopic (exact) mass is 207 g/mol. The largest absolute Gasteiger partial charge is 0.344 e. The fraction of sp³-hybridized carbons (Fsp3) is 0.0769. The van der Waals surface area contributed by atoms with E-state index in [1.165, 1.54) is 0 Å². The van der Waals surface area contributed by atoms with Crippen LogP contribution in [0, 0.1) is 22.7 Å². The second-order valence-corrected chi connectivity index (χ2v) is 3.47. The minimum absolute atomic E-state index is 0.117. The van der Waals surface area contributed by atoms with E-state index >= 15 is 0 Å². The molecule has 3 nitrogen and oxygen atoms in total. The number of para-hydroxylation sites is 1. The summed E-state index contributed by atoms with van der Waals surface area (Å²) in [6.45, 7) is 0. The Morgan fingerprint density at radius 3 is 2.56 bits per heavy atom. The summed E-state index contributed by atoms with van der Waals surface area (Å²) in [7, 11) is 1.92. The SMILES string of the molecule is Cn1c(C=C(C#N)C#N)cc2ccccc21. The Labute approximate surface area is 93.5 Å². The predicted octanol–water partition coefficient (Wildman–Crippen LogP) is 2.61. The molecule has 0 radical (unpaired) electrons. The molecule has 0 aliphatic carbocycles. The number of hydrogen-bond donors (Lipinski definition) is 0. The summed E-state index contributed by atoms with van der Waals surface area (Å²) in [6.07, 6.45) is 1.60. The van der Waals surface area contributed by atoms with Gasteiger partial charge in [0.25, 0.3) is 0 Å². The zero-order chi connectivity index (χ0) is 11.5. The topological polar surface area (TPSA) is 52.5 Å². The van der Waals surface area contributed by atoms with Gasteiger partial charge in [-0.1, -0.05) is 18.2 Å². The molecule has 2 rings (SSSR count). The second kappa shape index (κ2) is 3.92. The average molecular weight is 207 g/mol. The number of allylic oxidation sites excluding steroid dienone is 1. The molecule has 0 N–H and O–H groups in total. The average Bonchev–Trinajstić information content (AvgIpc) is 2.64. The van der Waals surface area contributed by atoms with E-state index in [4.69, 9.17) is 10.5 Å². The van der Waals surface area contributed by atoms with Gasteiger partial charge in [-0.25, -0.2) is 0 Å². The van der Waals surface area contributed by atoms with Crippen molar-refractivity contribution in [2.45, 2.75) is 0 Å². The van der Waals surface area contributed by atoms with E-state index in [1.54, 1.807) is 6.08 Å². The van der Waals surface area contributed by atoms with Gasteiger partial charge in [-0.3, -0.25) is 0 Å². The number of fused-ring (bicyclic) bond motifs is 1. The maximum atomic E-state index is 8.70. The first-order chi connectivity index (χ1) is 7.76. The van der Waals surface area contributed by atoms with Crippen LogP contribution in [0.15, 0.2) is 35.9 Å². The highest BCUT2D eigenvalue weighted by atomic mass is 14.9. The molecule has 0 bridgehead atoms. The highest BCUT2D eigenvalue weighted by molar-refractivity contribution is 5.84. The zero-order valence-electron chi connectivity index (χ0n) is 8.81. The van der Waals surface area contributed by atoms with Crippen LogP contribution in [0.2, 0.25) is 0 Å². The van der Waals surface area contributed by atoms with Crippen LogP contribution < -0.4 is 0 Å². The Hall–Kier alpha value is -2.52. The number of nitrogens with zero attached hydrogens (tertiary/aromatic N) is 3. The molecule has 1 heterocycles. The smallest absolute Gasteiger partial charge is 0.131 e. The number of aryl methyl sites for hydroxylation is 1. The van der Waals surface area contributed by atoms with Gasteiger partial charge in [-0.15, -0.1) is 0 Å². The van der Waals surface area contributed by atoms with Crippen molar-refractivity contribution < 1.29 is 0 Å². The van der Waals surface area contributed by atoms with Gasteiger partial charge in [0.2, 0.25) is 0 Å². The van der Waals surface area contributed by atoms with Crippen LogP contribution in [0.4, 0.5) is 0 Å². The Balaban J connectivity index is 2.65. The first-order valence-electron chi connectivity index (χ1n) is 4.82. The highest BCUT2D eigenvalue weighted by Crippen LogP contribution is 2.19. The minimum Gasteiger partial charge on any atom is -0.344 e. The Morgan fingerprint density at radius 1 is 1.25 bits per heavy atom. The molecule has 2 aromatic rings. The molecule has 0 saturated heterocycles. The van der Waals surface area contributed by atoms with Crippen molar-refractivity contribution >= 4 is 17.0 Å².